The summed E-state index contributed by atoms with van der Waals surface area (Å²) in [6.07, 6.45) is 1.09. The predicted octanol–water partition coefficient (Wildman–Crippen LogP) is 3.42. The lowest BCUT2D eigenvalue weighted by atomic mass is 10.1. The number of hydrogen-bond donors (Lipinski definition) is 0. The maximum atomic E-state index is 5.21. The van der Waals surface area contributed by atoms with Crippen LogP contribution in [-0.4, -0.2) is 23.1 Å². The second-order valence-electron chi connectivity index (χ2n) is 4.90. The van der Waals surface area contributed by atoms with Gasteiger partial charge in [-0.05, 0) is 56.6 Å². The Bertz CT molecular complexity index is 470. The Hall–Kier alpha value is -1.13. The van der Waals surface area contributed by atoms with Crippen molar-refractivity contribution in [1.29, 1.82) is 0 Å². The summed E-state index contributed by atoms with van der Waals surface area (Å²) >= 11 is 1.76. The average Bonchev–Trinajstić information content (AvgIpc) is 2.94. The van der Waals surface area contributed by atoms with E-state index in [0.717, 1.165) is 24.4 Å². The molecule has 0 saturated carbocycles. The van der Waals surface area contributed by atoms with Gasteiger partial charge in [-0.1, -0.05) is 5.16 Å². The third-order valence-corrected chi connectivity index (χ3v) is 4.18. The van der Waals surface area contributed by atoms with Gasteiger partial charge in [-0.15, -0.1) is 0 Å². The molecule has 0 bridgehead atoms. The molecule has 98 valence electrons. The number of hydrogen-bond acceptors (Lipinski definition) is 4. The van der Waals surface area contributed by atoms with Gasteiger partial charge in [0.1, 0.15) is 5.76 Å². The zero-order valence-corrected chi connectivity index (χ0v) is 12.3. The zero-order valence-electron chi connectivity index (χ0n) is 11.4. The van der Waals surface area contributed by atoms with E-state index >= 15 is 0 Å². The summed E-state index contributed by atoms with van der Waals surface area (Å²) < 4.78 is 5.21. The van der Waals surface area contributed by atoms with Crippen LogP contribution in [0, 0.1) is 13.8 Å². The SMILES string of the molecule is Cc1noc(C)c1CN(C)[C@@H](C)Cc1ccsc1. The molecule has 0 radical (unpaired) electrons. The first kappa shape index (κ1) is 13.3. The van der Waals surface area contributed by atoms with Crippen molar-refractivity contribution in [3.8, 4) is 0 Å². The van der Waals surface area contributed by atoms with Gasteiger partial charge in [0.15, 0.2) is 0 Å². The molecule has 2 aromatic heterocycles. The third-order valence-electron chi connectivity index (χ3n) is 3.45. The van der Waals surface area contributed by atoms with E-state index in [2.05, 4.69) is 40.9 Å². The summed E-state index contributed by atoms with van der Waals surface area (Å²) in [5.41, 5.74) is 3.63. The lowest BCUT2D eigenvalue weighted by molar-refractivity contribution is 0.246. The Morgan fingerprint density at radius 2 is 2.22 bits per heavy atom. The van der Waals surface area contributed by atoms with Crippen LogP contribution in [0.25, 0.3) is 0 Å². The van der Waals surface area contributed by atoms with Crippen molar-refractivity contribution in [2.75, 3.05) is 7.05 Å². The number of aromatic nitrogens is 1. The van der Waals surface area contributed by atoms with Crippen LogP contribution in [0.2, 0.25) is 0 Å². The largest absolute Gasteiger partial charge is 0.361 e. The van der Waals surface area contributed by atoms with Gasteiger partial charge in [-0.3, -0.25) is 4.90 Å². The Balaban J connectivity index is 1.97. The van der Waals surface area contributed by atoms with E-state index in [1.165, 1.54) is 11.1 Å². The highest BCUT2D eigenvalue weighted by Gasteiger charge is 2.15. The first-order valence-corrected chi connectivity index (χ1v) is 7.15. The fourth-order valence-corrected chi connectivity index (χ4v) is 2.72. The molecule has 1 atom stereocenters. The lowest BCUT2D eigenvalue weighted by Crippen LogP contribution is -2.30. The molecule has 2 rings (SSSR count). The second-order valence-corrected chi connectivity index (χ2v) is 5.68. The molecule has 18 heavy (non-hydrogen) atoms. The van der Waals surface area contributed by atoms with Crippen molar-refractivity contribution in [2.45, 2.75) is 39.8 Å². The lowest BCUT2D eigenvalue weighted by Gasteiger charge is -2.24. The molecule has 0 amide bonds. The Morgan fingerprint density at radius 1 is 1.44 bits per heavy atom. The van der Waals surface area contributed by atoms with Crippen molar-refractivity contribution in [2.24, 2.45) is 0 Å². The summed E-state index contributed by atoms with van der Waals surface area (Å²) in [5.74, 6) is 0.932. The predicted molar refractivity (Wildman–Crippen MR) is 74.9 cm³/mol. The highest BCUT2D eigenvalue weighted by molar-refractivity contribution is 7.07. The van der Waals surface area contributed by atoms with Gasteiger partial charge in [-0.25, -0.2) is 0 Å². The molecule has 0 aliphatic heterocycles. The molecule has 0 aliphatic rings. The third kappa shape index (κ3) is 3.00. The smallest absolute Gasteiger partial charge is 0.138 e. The second kappa shape index (κ2) is 5.67. The van der Waals surface area contributed by atoms with Crippen LogP contribution in [0.5, 0.6) is 0 Å². The van der Waals surface area contributed by atoms with Crippen LogP contribution < -0.4 is 0 Å². The van der Waals surface area contributed by atoms with Crippen LogP contribution in [0.4, 0.5) is 0 Å². The summed E-state index contributed by atoms with van der Waals surface area (Å²) in [5, 5.41) is 8.36. The minimum absolute atomic E-state index is 0.508. The van der Waals surface area contributed by atoms with Gasteiger partial charge in [0.2, 0.25) is 0 Å². The van der Waals surface area contributed by atoms with Crippen LogP contribution in [0.15, 0.2) is 21.3 Å². The highest BCUT2D eigenvalue weighted by atomic mass is 32.1. The quantitative estimate of drug-likeness (QED) is 0.828. The van der Waals surface area contributed by atoms with Gasteiger partial charge in [0, 0.05) is 18.2 Å². The van der Waals surface area contributed by atoms with Crippen molar-refractivity contribution in [3.05, 3.63) is 39.4 Å². The van der Waals surface area contributed by atoms with E-state index in [4.69, 9.17) is 4.52 Å². The fourth-order valence-electron chi connectivity index (χ4n) is 2.04. The molecule has 4 heteroatoms. The summed E-state index contributed by atoms with van der Waals surface area (Å²) in [6, 6.07) is 2.71. The molecule has 0 aliphatic carbocycles. The Labute approximate surface area is 112 Å². The maximum Gasteiger partial charge on any atom is 0.138 e. The van der Waals surface area contributed by atoms with Gasteiger partial charge in [0.25, 0.3) is 0 Å². The molecule has 0 spiro atoms. The standard InChI is InChI=1S/C14H20N2OS/c1-10(7-13-5-6-18-9-13)16(4)8-14-11(2)15-17-12(14)3/h5-6,9-10H,7-8H2,1-4H3/t10-/m0/s1. The summed E-state index contributed by atoms with van der Waals surface area (Å²) in [6.45, 7) is 7.14. The van der Waals surface area contributed by atoms with Gasteiger partial charge < -0.3 is 4.52 Å². The number of rotatable bonds is 5. The normalized spacial score (nSPS) is 13.2. The van der Waals surface area contributed by atoms with E-state index in [1.54, 1.807) is 11.3 Å². The molecular weight excluding hydrogens is 244 g/mol. The molecule has 2 aromatic rings. The molecule has 3 nitrogen and oxygen atoms in total. The maximum absolute atomic E-state index is 5.21. The molecule has 0 aromatic carbocycles. The van der Waals surface area contributed by atoms with Crippen LogP contribution in [0.3, 0.4) is 0 Å². The topological polar surface area (TPSA) is 29.3 Å². The summed E-state index contributed by atoms with van der Waals surface area (Å²) in [7, 11) is 2.16. The van der Waals surface area contributed by atoms with E-state index in [-0.39, 0.29) is 0 Å². The zero-order chi connectivity index (χ0) is 13.1. The molecule has 2 heterocycles. The molecule has 0 N–H and O–H groups in total. The number of thiophene rings is 1. The Kier molecular flexibility index (Phi) is 4.19. The van der Waals surface area contributed by atoms with Crippen LogP contribution in [-0.2, 0) is 13.0 Å². The number of aryl methyl sites for hydroxylation is 2. The van der Waals surface area contributed by atoms with Crippen LogP contribution in [0.1, 0.15) is 29.5 Å². The van der Waals surface area contributed by atoms with Crippen LogP contribution >= 0.6 is 11.3 Å². The number of nitrogens with zero attached hydrogens (tertiary/aromatic N) is 2. The van der Waals surface area contributed by atoms with E-state index in [1.807, 2.05) is 13.8 Å². The van der Waals surface area contributed by atoms with Crippen molar-refractivity contribution >= 4 is 11.3 Å². The van der Waals surface area contributed by atoms with E-state index in [9.17, 15) is 0 Å². The molecule has 0 unspecified atom stereocenters. The monoisotopic (exact) mass is 264 g/mol. The first-order valence-electron chi connectivity index (χ1n) is 6.21. The number of likely N-dealkylation sites (N-methyl/N-ethyl adjacent to an activating group) is 1. The molecule has 0 saturated heterocycles. The van der Waals surface area contributed by atoms with Gasteiger partial charge >= 0.3 is 0 Å². The molecule has 0 fully saturated rings. The summed E-state index contributed by atoms with van der Waals surface area (Å²) in [4.78, 5) is 2.35. The van der Waals surface area contributed by atoms with Crippen molar-refractivity contribution in [1.82, 2.24) is 10.1 Å². The van der Waals surface area contributed by atoms with E-state index in [0.29, 0.717) is 6.04 Å². The average molecular weight is 264 g/mol. The first-order chi connectivity index (χ1) is 8.58. The molecular formula is C14H20N2OS. The minimum Gasteiger partial charge on any atom is -0.361 e. The van der Waals surface area contributed by atoms with Gasteiger partial charge in [-0.2, -0.15) is 11.3 Å². The minimum atomic E-state index is 0.508. The Morgan fingerprint density at radius 3 is 2.78 bits per heavy atom. The van der Waals surface area contributed by atoms with Crippen molar-refractivity contribution in [3.63, 3.8) is 0 Å². The van der Waals surface area contributed by atoms with E-state index < -0.39 is 0 Å². The fraction of sp³-hybridized carbons (Fsp3) is 0.500. The van der Waals surface area contributed by atoms with Gasteiger partial charge in [0.05, 0.1) is 5.69 Å². The highest BCUT2D eigenvalue weighted by Crippen LogP contribution is 2.17. The van der Waals surface area contributed by atoms with Crippen molar-refractivity contribution < 1.29 is 4.52 Å².